The molecule has 3 aromatic rings. The first-order valence-electron chi connectivity index (χ1n) is 11.0. The Morgan fingerprint density at radius 1 is 1.06 bits per heavy atom. The van der Waals surface area contributed by atoms with Gasteiger partial charge in [-0.2, -0.15) is 0 Å². The molecule has 0 bridgehead atoms. The number of carbonyl (C=O) groups excluding carboxylic acids is 1. The molecule has 1 aliphatic carbocycles. The molecule has 1 atom stereocenters. The third kappa shape index (κ3) is 4.89. The van der Waals surface area contributed by atoms with Crippen molar-refractivity contribution in [3.05, 3.63) is 81.9 Å². The van der Waals surface area contributed by atoms with Crippen LogP contribution in [0.25, 0.3) is 0 Å². The molecular formula is C26H33N3OS. The summed E-state index contributed by atoms with van der Waals surface area (Å²) in [6.07, 6.45) is 3.67. The minimum absolute atomic E-state index is 0.0581. The second-order valence-corrected chi connectivity index (χ2v) is 9.24. The highest BCUT2D eigenvalue weighted by Crippen LogP contribution is 2.49. The van der Waals surface area contributed by atoms with E-state index < -0.39 is 5.41 Å². The van der Waals surface area contributed by atoms with E-state index in [4.69, 9.17) is 0 Å². The third-order valence-electron chi connectivity index (χ3n) is 5.89. The van der Waals surface area contributed by atoms with Gasteiger partial charge in [-0.05, 0) is 63.0 Å². The van der Waals surface area contributed by atoms with Gasteiger partial charge in [0.25, 0.3) is 0 Å². The summed E-state index contributed by atoms with van der Waals surface area (Å²) in [5, 5.41) is 3.76. The second kappa shape index (κ2) is 9.75. The van der Waals surface area contributed by atoms with E-state index in [9.17, 15) is 4.79 Å². The van der Waals surface area contributed by atoms with Crippen LogP contribution in [0.3, 0.4) is 0 Å². The van der Waals surface area contributed by atoms with E-state index in [0.29, 0.717) is 5.13 Å². The molecule has 1 aliphatic rings. The lowest BCUT2D eigenvalue weighted by Gasteiger charge is -2.23. The zero-order chi connectivity index (χ0) is 22.6. The maximum Gasteiger partial charge on any atom is 0.236 e. The van der Waals surface area contributed by atoms with Crippen LogP contribution in [0.2, 0.25) is 0 Å². The number of aryl methyl sites for hydroxylation is 2. The van der Waals surface area contributed by atoms with Gasteiger partial charge in [0.2, 0.25) is 5.91 Å². The molecule has 1 aromatic heterocycles. The molecule has 4 rings (SSSR count). The van der Waals surface area contributed by atoms with Crippen LogP contribution in [0.4, 0.5) is 5.13 Å². The van der Waals surface area contributed by atoms with Gasteiger partial charge in [0, 0.05) is 11.1 Å². The summed E-state index contributed by atoms with van der Waals surface area (Å²) in [6.45, 7) is 8.20. The molecule has 0 unspecified atom stereocenters. The molecule has 2 aromatic carbocycles. The Kier molecular flexibility index (Phi) is 7.29. The number of nitrogens with one attached hydrogen (secondary N) is 1. The molecule has 1 saturated carbocycles. The average molecular weight is 436 g/mol. The zero-order valence-corrected chi connectivity index (χ0v) is 20.2. The number of nitrogens with zero attached hydrogens (tertiary/aromatic N) is 2. The predicted molar refractivity (Wildman–Crippen MR) is 131 cm³/mol. The Morgan fingerprint density at radius 3 is 2.32 bits per heavy atom. The molecule has 1 amide bonds. The smallest absolute Gasteiger partial charge is 0.236 e. The van der Waals surface area contributed by atoms with Crippen molar-refractivity contribution in [3.8, 4) is 0 Å². The second-order valence-electron chi connectivity index (χ2n) is 8.18. The summed E-state index contributed by atoms with van der Waals surface area (Å²) < 4.78 is 0. The Hall–Kier alpha value is -2.50. The molecule has 0 saturated heterocycles. The van der Waals surface area contributed by atoms with Crippen molar-refractivity contribution in [2.45, 2.75) is 52.0 Å². The lowest BCUT2D eigenvalue weighted by Crippen LogP contribution is -2.27. The van der Waals surface area contributed by atoms with E-state index in [0.717, 1.165) is 23.3 Å². The molecule has 5 heteroatoms. The fraction of sp³-hybridized carbons (Fsp3) is 0.385. The van der Waals surface area contributed by atoms with Gasteiger partial charge in [-0.1, -0.05) is 73.7 Å². The molecule has 4 nitrogen and oxygen atoms in total. The molecule has 1 heterocycles. The molecule has 164 valence electrons. The number of hydrogen-bond donors (Lipinski definition) is 1. The van der Waals surface area contributed by atoms with Crippen LogP contribution in [0.1, 0.15) is 59.9 Å². The monoisotopic (exact) mass is 435 g/mol. The number of hydrogen-bond acceptors (Lipinski definition) is 4. The van der Waals surface area contributed by atoms with Gasteiger partial charge in [0.05, 0.1) is 11.5 Å². The minimum Gasteiger partial charge on any atom is -0.301 e. The zero-order valence-electron chi connectivity index (χ0n) is 19.4. The van der Waals surface area contributed by atoms with E-state index in [1.165, 1.54) is 16.7 Å². The molecule has 1 fully saturated rings. The van der Waals surface area contributed by atoms with Crippen LogP contribution in [0, 0.1) is 13.8 Å². The standard InChI is InChI=1S/C24H27N3OS.C2H6/c1-16-10-11-19(14-17(16)2)24(12-13-24)22(28)26-23-25-15-20(29-23)21(27(3)4)18-8-6-5-7-9-18;1-2/h5-11,14-15,21H,12-13H2,1-4H3,(H,25,26,28);1-2H3/t21-;/m0./s1. The molecule has 0 aliphatic heterocycles. The number of anilines is 1. The molecule has 0 spiro atoms. The Bertz CT molecular complexity index is 1020. The van der Waals surface area contributed by atoms with E-state index in [-0.39, 0.29) is 11.9 Å². The summed E-state index contributed by atoms with van der Waals surface area (Å²) in [7, 11) is 4.13. The fourth-order valence-electron chi connectivity index (χ4n) is 3.85. The minimum atomic E-state index is -0.398. The van der Waals surface area contributed by atoms with E-state index >= 15 is 0 Å². The summed E-state index contributed by atoms with van der Waals surface area (Å²) in [5.41, 5.74) is 4.42. The van der Waals surface area contributed by atoms with Gasteiger partial charge in [-0.15, -0.1) is 0 Å². The maximum absolute atomic E-state index is 13.1. The number of carbonyl (C=O) groups is 1. The van der Waals surface area contributed by atoms with E-state index in [1.807, 2.05) is 26.1 Å². The van der Waals surface area contributed by atoms with Crippen molar-refractivity contribution >= 4 is 22.4 Å². The molecule has 31 heavy (non-hydrogen) atoms. The molecule has 0 radical (unpaired) electrons. The number of thiazole rings is 1. The van der Waals surface area contributed by atoms with Gasteiger partial charge in [-0.25, -0.2) is 4.98 Å². The van der Waals surface area contributed by atoms with Crippen molar-refractivity contribution < 1.29 is 4.79 Å². The Labute approximate surface area is 190 Å². The van der Waals surface area contributed by atoms with Crippen molar-refractivity contribution in [1.82, 2.24) is 9.88 Å². The van der Waals surface area contributed by atoms with Gasteiger partial charge in [0.15, 0.2) is 5.13 Å². The van der Waals surface area contributed by atoms with Crippen LogP contribution in [0.15, 0.2) is 54.7 Å². The number of amides is 1. The highest BCUT2D eigenvalue weighted by molar-refractivity contribution is 7.15. The van der Waals surface area contributed by atoms with Crippen LogP contribution in [-0.4, -0.2) is 29.9 Å². The first-order valence-corrected chi connectivity index (χ1v) is 11.8. The van der Waals surface area contributed by atoms with Crippen LogP contribution in [-0.2, 0) is 10.2 Å². The topological polar surface area (TPSA) is 45.2 Å². The molecular weight excluding hydrogens is 402 g/mol. The van der Waals surface area contributed by atoms with Gasteiger partial charge in [0.1, 0.15) is 0 Å². The first kappa shape index (κ1) is 23.2. The Morgan fingerprint density at radius 2 is 1.74 bits per heavy atom. The predicted octanol–water partition coefficient (Wildman–Crippen LogP) is 6.11. The largest absolute Gasteiger partial charge is 0.301 e. The maximum atomic E-state index is 13.1. The molecule has 1 N–H and O–H groups in total. The quantitative estimate of drug-likeness (QED) is 0.508. The van der Waals surface area contributed by atoms with Crippen molar-refractivity contribution in [2.75, 3.05) is 19.4 Å². The first-order chi connectivity index (χ1) is 14.9. The SMILES string of the molecule is CC.Cc1ccc(C2(C(=O)Nc3ncc([C@H](c4ccccc4)N(C)C)s3)CC2)cc1C. The average Bonchev–Trinajstić information content (AvgIpc) is 3.47. The lowest BCUT2D eigenvalue weighted by molar-refractivity contribution is -0.118. The highest BCUT2D eigenvalue weighted by atomic mass is 32.1. The number of rotatable bonds is 6. The van der Waals surface area contributed by atoms with Crippen LogP contribution in [0.5, 0.6) is 0 Å². The van der Waals surface area contributed by atoms with Crippen molar-refractivity contribution in [2.24, 2.45) is 0 Å². The summed E-state index contributed by atoms with van der Waals surface area (Å²) in [6, 6.07) is 16.9. The van der Waals surface area contributed by atoms with Gasteiger partial charge in [-0.3, -0.25) is 9.69 Å². The Balaban J connectivity index is 0.00000132. The van der Waals surface area contributed by atoms with Crippen LogP contribution < -0.4 is 5.32 Å². The highest BCUT2D eigenvalue weighted by Gasteiger charge is 2.51. The van der Waals surface area contributed by atoms with Gasteiger partial charge >= 0.3 is 0 Å². The van der Waals surface area contributed by atoms with E-state index in [2.05, 4.69) is 85.6 Å². The summed E-state index contributed by atoms with van der Waals surface area (Å²) >= 11 is 1.55. The fourth-order valence-corrected chi connectivity index (χ4v) is 4.89. The van der Waals surface area contributed by atoms with Crippen molar-refractivity contribution in [3.63, 3.8) is 0 Å². The lowest BCUT2D eigenvalue weighted by atomic mass is 9.92. The summed E-state index contributed by atoms with van der Waals surface area (Å²) in [4.78, 5) is 20.9. The number of aromatic nitrogens is 1. The number of benzene rings is 2. The van der Waals surface area contributed by atoms with E-state index in [1.54, 1.807) is 11.3 Å². The summed E-state index contributed by atoms with van der Waals surface area (Å²) in [5.74, 6) is 0.0581. The van der Waals surface area contributed by atoms with Gasteiger partial charge < -0.3 is 5.32 Å². The normalized spacial score (nSPS) is 15.1. The van der Waals surface area contributed by atoms with Crippen molar-refractivity contribution in [1.29, 1.82) is 0 Å². The third-order valence-corrected chi connectivity index (χ3v) is 6.85. The van der Waals surface area contributed by atoms with Crippen LogP contribution >= 0.6 is 11.3 Å².